The van der Waals surface area contributed by atoms with Gasteiger partial charge in [-0.15, -0.1) is 0 Å². The van der Waals surface area contributed by atoms with E-state index in [0.717, 1.165) is 5.56 Å². The molecule has 2 rings (SSSR count). The molecule has 1 aromatic heterocycles. The minimum atomic E-state index is -0.851. The lowest BCUT2D eigenvalue weighted by Crippen LogP contribution is -2.42. The van der Waals surface area contributed by atoms with Crippen LogP contribution in [0.1, 0.15) is 42.6 Å². The van der Waals surface area contributed by atoms with E-state index in [4.69, 9.17) is 0 Å². The van der Waals surface area contributed by atoms with E-state index in [1.165, 1.54) is 6.33 Å². The highest BCUT2D eigenvalue weighted by molar-refractivity contribution is 5.95. The summed E-state index contributed by atoms with van der Waals surface area (Å²) in [5.41, 5.74) is 0.603. The quantitative estimate of drug-likeness (QED) is 0.814. The van der Waals surface area contributed by atoms with Gasteiger partial charge in [-0.3, -0.25) is 4.79 Å². The average molecular weight is 302 g/mol. The Hall–Kier alpha value is -2.21. The number of rotatable bonds is 7. The number of nitrogens with one attached hydrogen (secondary N) is 1. The SMILES string of the molecule is CCC(O)(CC)CNC(=O)c1ccccc1Cn1cncn1. The normalized spacial score (nSPS) is 11.4. The zero-order valence-corrected chi connectivity index (χ0v) is 13.0. The molecule has 6 nitrogen and oxygen atoms in total. The highest BCUT2D eigenvalue weighted by Gasteiger charge is 2.23. The van der Waals surface area contributed by atoms with Crippen LogP contribution in [0.5, 0.6) is 0 Å². The Balaban J connectivity index is 2.09. The minimum Gasteiger partial charge on any atom is -0.388 e. The van der Waals surface area contributed by atoms with Gasteiger partial charge in [0.05, 0.1) is 12.1 Å². The van der Waals surface area contributed by atoms with E-state index >= 15 is 0 Å². The van der Waals surface area contributed by atoms with Gasteiger partial charge in [0.15, 0.2) is 0 Å². The summed E-state index contributed by atoms with van der Waals surface area (Å²) in [6.45, 7) is 4.55. The number of aromatic nitrogens is 3. The van der Waals surface area contributed by atoms with Crippen molar-refractivity contribution in [2.75, 3.05) is 6.54 Å². The van der Waals surface area contributed by atoms with E-state index in [2.05, 4.69) is 15.4 Å². The summed E-state index contributed by atoms with van der Waals surface area (Å²) in [5, 5.41) is 17.1. The molecule has 118 valence electrons. The first-order valence-corrected chi connectivity index (χ1v) is 7.49. The van der Waals surface area contributed by atoms with Crippen LogP contribution in [0.15, 0.2) is 36.9 Å². The van der Waals surface area contributed by atoms with E-state index in [-0.39, 0.29) is 12.5 Å². The maximum atomic E-state index is 12.4. The Morgan fingerprint density at radius 1 is 1.32 bits per heavy atom. The van der Waals surface area contributed by atoms with Crippen LogP contribution >= 0.6 is 0 Å². The van der Waals surface area contributed by atoms with Crippen LogP contribution in [0, 0.1) is 0 Å². The van der Waals surface area contributed by atoms with Gasteiger partial charge in [0.2, 0.25) is 0 Å². The van der Waals surface area contributed by atoms with Gasteiger partial charge in [0, 0.05) is 12.1 Å². The molecular weight excluding hydrogens is 280 g/mol. The minimum absolute atomic E-state index is 0.184. The van der Waals surface area contributed by atoms with Gasteiger partial charge >= 0.3 is 0 Å². The van der Waals surface area contributed by atoms with Crippen molar-refractivity contribution >= 4 is 5.91 Å². The summed E-state index contributed by atoms with van der Waals surface area (Å²) < 4.78 is 1.67. The van der Waals surface area contributed by atoms with Crippen LogP contribution in [0.4, 0.5) is 0 Å². The Morgan fingerprint density at radius 2 is 2.05 bits per heavy atom. The molecule has 22 heavy (non-hydrogen) atoms. The largest absolute Gasteiger partial charge is 0.388 e. The fraction of sp³-hybridized carbons (Fsp3) is 0.438. The van der Waals surface area contributed by atoms with Crippen LogP contribution in [0.2, 0.25) is 0 Å². The molecule has 0 aliphatic heterocycles. The standard InChI is InChI=1S/C16H22N4O2/c1-3-16(22,4-2)10-18-15(21)14-8-6-5-7-13(14)9-20-12-17-11-19-20/h5-8,11-12,22H,3-4,9-10H2,1-2H3,(H,18,21). The molecule has 0 atom stereocenters. The van der Waals surface area contributed by atoms with Gasteiger partial charge in [-0.2, -0.15) is 5.10 Å². The van der Waals surface area contributed by atoms with Gasteiger partial charge < -0.3 is 10.4 Å². The maximum absolute atomic E-state index is 12.4. The van der Waals surface area contributed by atoms with Crippen molar-refractivity contribution < 1.29 is 9.90 Å². The molecule has 0 spiro atoms. The van der Waals surface area contributed by atoms with Crippen molar-refractivity contribution in [2.45, 2.75) is 38.8 Å². The molecule has 0 unspecified atom stereocenters. The Morgan fingerprint density at radius 3 is 2.68 bits per heavy atom. The van der Waals surface area contributed by atoms with Crippen molar-refractivity contribution in [1.82, 2.24) is 20.1 Å². The second kappa shape index (κ2) is 7.17. The third kappa shape index (κ3) is 3.92. The molecule has 0 fully saturated rings. The van der Waals surface area contributed by atoms with Crippen LogP contribution < -0.4 is 5.32 Å². The molecular formula is C16H22N4O2. The molecule has 2 N–H and O–H groups in total. The lowest BCUT2D eigenvalue weighted by molar-refractivity contribution is 0.0314. The van der Waals surface area contributed by atoms with Crippen LogP contribution in [0.25, 0.3) is 0 Å². The predicted molar refractivity (Wildman–Crippen MR) is 83.4 cm³/mol. The summed E-state index contributed by atoms with van der Waals surface area (Å²) in [4.78, 5) is 16.3. The highest BCUT2D eigenvalue weighted by Crippen LogP contribution is 2.14. The molecule has 1 amide bonds. The first kappa shape index (κ1) is 16.2. The zero-order valence-electron chi connectivity index (χ0n) is 13.0. The monoisotopic (exact) mass is 302 g/mol. The van der Waals surface area contributed by atoms with E-state index in [1.807, 2.05) is 32.0 Å². The summed E-state index contributed by atoms with van der Waals surface area (Å²) in [5.74, 6) is -0.184. The molecule has 0 aliphatic rings. The molecule has 1 heterocycles. The van der Waals surface area contributed by atoms with Crippen molar-refractivity contribution in [3.63, 3.8) is 0 Å². The van der Waals surface area contributed by atoms with Crippen LogP contribution in [-0.4, -0.2) is 37.9 Å². The lowest BCUT2D eigenvalue weighted by Gasteiger charge is -2.25. The van der Waals surface area contributed by atoms with Gasteiger partial charge in [-0.1, -0.05) is 32.0 Å². The molecule has 0 saturated carbocycles. The van der Waals surface area contributed by atoms with Gasteiger partial charge in [0.1, 0.15) is 12.7 Å². The zero-order chi connectivity index (χ0) is 16.0. The number of carbonyl (C=O) groups is 1. The van der Waals surface area contributed by atoms with Gasteiger partial charge in [-0.05, 0) is 24.5 Å². The van der Waals surface area contributed by atoms with Crippen LogP contribution in [0.3, 0.4) is 0 Å². The number of carbonyl (C=O) groups excluding carboxylic acids is 1. The number of nitrogens with zero attached hydrogens (tertiary/aromatic N) is 3. The first-order chi connectivity index (χ1) is 10.6. The summed E-state index contributed by atoms with van der Waals surface area (Å²) in [6.07, 6.45) is 4.28. The summed E-state index contributed by atoms with van der Waals surface area (Å²) in [7, 11) is 0. The average Bonchev–Trinajstić information content (AvgIpc) is 3.06. The number of amides is 1. The smallest absolute Gasteiger partial charge is 0.251 e. The summed E-state index contributed by atoms with van der Waals surface area (Å²) in [6, 6.07) is 7.38. The fourth-order valence-electron chi connectivity index (χ4n) is 2.21. The van der Waals surface area contributed by atoms with Crippen molar-refractivity contribution in [1.29, 1.82) is 0 Å². The Labute approximate surface area is 130 Å². The van der Waals surface area contributed by atoms with Crippen LogP contribution in [-0.2, 0) is 6.54 Å². The molecule has 2 aromatic rings. The molecule has 1 aromatic carbocycles. The topological polar surface area (TPSA) is 80.0 Å². The van der Waals surface area contributed by atoms with E-state index in [9.17, 15) is 9.90 Å². The van der Waals surface area contributed by atoms with E-state index < -0.39 is 5.60 Å². The van der Waals surface area contributed by atoms with Crippen molar-refractivity contribution in [3.05, 3.63) is 48.0 Å². The van der Waals surface area contributed by atoms with Crippen molar-refractivity contribution in [2.24, 2.45) is 0 Å². The third-order valence-corrected chi connectivity index (χ3v) is 3.96. The molecule has 0 bridgehead atoms. The second-order valence-corrected chi connectivity index (χ2v) is 5.36. The van der Waals surface area contributed by atoms with E-state index in [0.29, 0.717) is 24.9 Å². The molecule has 0 aliphatic carbocycles. The second-order valence-electron chi connectivity index (χ2n) is 5.36. The lowest BCUT2D eigenvalue weighted by atomic mass is 9.97. The Kier molecular flexibility index (Phi) is 5.27. The number of benzene rings is 1. The van der Waals surface area contributed by atoms with E-state index in [1.54, 1.807) is 17.1 Å². The summed E-state index contributed by atoms with van der Waals surface area (Å²) >= 11 is 0. The van der Waals surface area contributed by atoms with Gasteiger partial charge in [-0.25, -0.2) is 9.67 Å². The van der Waals surface area contributed by atoms with Crippen molar-refractivity contribution in [3.8, 4) is 0 Å². The molecule has 0 saturated heterocycles. The number of aliphatic hydroxyl groups is 1. The molecule has 0 radical (unpaired) electrons. The third-order valence-electron chi connectivity index (χ3n) is 3.96. The molecule has 6 heteroatoms. The number of hydrogen-bond donors (Lipinski definition) is 2. The van der Waals surface area contributed by atoms with Gasteiger partial charge in [0.25, 0.3) is 5.91 Å². The first-order valence-electron chi connectivity index (χ1n) is 7.49. The Bertz CT molecular complexity index is 606. The highest BCUT2D eigenvalue weighted by atomic mass is 16.3. The predicted octanol–water partition coefficient (Wildman–Crippen LogP) is 1.61. The fourth-order valence-corrected chi connectivity index (χ4v) is 2.21. The number of hydrogen-bond acceptors (Lipinski definition) is 4. The maximum Gasteiger partial charge on any atom is 0.251 e.